The SMILES string of the molecule is C#CCNC(=O)c1ccccc1NCc1nnc2n(C)c(=O)c3ccccc3n12. The highest BCUT2D eigenvalue weighted by molar-refractivity contribution is 5.99. The predicted octanol–water partition coefficient (Wildman–Crippen LogP) is 1.56. The summed E-state index contributed by atoms with van der Waals surface area (Å²) in [6.45, 7) is 0.463. The summed E-state index contributed by atoms with van der Waals surface area (Å²) in [6, 6.07) is 14.5. The number of amides is 1. The summed E-state index contributed by atoms with van der Waals surface area (Å²) in [6.07, 6.45) is 5.21. The van der Waals surface area contributed by atoms with Crippen LogP contribution < -0.4 is 16.2 Å². The third kappa shape index (κ3) is 3.19. The molecule has 0 aliphatic heterocycles. The molecular weight excluding hydrogens is 368 g/mol. The van der Waals surface area contributed by atoms with E-state index in [0.29, 0.717) is 34.8 Å². The number of hydrogen-bond donors (Lipinski definition) is 2. The van der Waals surface area contributed by atoms with Gasteiger partial charge in [0.2, 0.25) is 5.78 Å². The maximum atomic E-state index is 12.5. The minimum absolute atomic E-state index is 0.129. The normalized spacial score (nSPS) is 10.8. The zero-order valence-corrected chi connectivity index (χ0v) is 15.7. The van der Waals surface area contributed by atoms with E-state index in [4.69, 9.17) is 6.42 Å². The van der Waals surface area contributed by atoms with E-state index in [-0.39, 0.29) is 18.0 Å². The lowest BCUT2D eigenvalue weighted by atomic mass is 10.1. The number of benzene rings is 2. The number of terminal acetylenes is 1. The summed E-state index contributed by atoms with van der Waals surface area (Å²) in [5.41, 5.74) is 1.73. The number of aryl methyl sites for hydroxylation is 1. The van der Waals surface area contributed by atoms with Crippen molar-refractivity contribution in [3.63, 3.8) is 0 Å². The number of rotatable bonds is 5. The molecule has 144 valence electrons. The van der Waals surface area contributed by atoms with Gasteiger partial charge in [0.15, 0.2) is 5.82 Å². The van der Waals surface area contributed by atoms with Gasteiger partial charge in [0.1, 0.15) is 0 Å². The zero-order chi connectivity index (χ0) is 20.4. The molecule has 4 rings (SSSR count). The summed E-state index contributed by atoms with van der Waals surface area (Å²) >= 11 is 0. The topological polar surface area (TPSA) is 93.3 Å². The van der Waals surface area contributed by atoms with E-state index in [1.54, 1.807) is 25.2 Å². The van der Waals surface area contributed by atoms with Crippen molar-refractivity contribution < 1.29 is 4.79 Å². The van der Waals surface area contributed by atoms with E-state index in [9.17, 15) is 9.59 Å². The molecule has 1 amide bonds. The molecule has 8 nitrogen and oxygen atoms in total. The molecule has 0 radical (unpaired) electrons. The fraction of sp³-hybridized carbons (Fsp3) is 0.143. The van der Waals surface area contributed by atoms with Crippen molar-refractivity contribution in [3.05, 3.63) is 70.3 Å². The Balaban J connectivity index is 1.72. The van der Waals surface area contributed by atoms with Gasteiger partial charge in [-0.05, 0) is 24.3 Å². The van der Waals surface area contributed by atoms with Gasteiger partial charge in [0, 0.05) is 12.7 Å². The lowest BCUT2D eigenvalue weighted by molar-refractivity contribution is 0.0959. The number of nitrogens with one attached hydrogen (secondary N) is 2. The Labute approximate surface area is 166 Å². The van der Waals surface area contributed by atoms with Crippen molar-refractivity contribution in [2.75, 3.05) is 11.9 Å². The quantitative estimate of drug-likeness (QED) is 0.508. The van der Waals surface area contributed by atoms with Crippen molar-refractivity contribution in [2.45, 2.75) is 6.54 Å². The van der Waals surface area contributed by atoms with Gasteiger partial charge >= 0.3 is 0 Å². The van der Waals surface area contributed by atoms with Crippen LogP contribution in [0.25, 0.3) is 16.7 Å². The summed E-state index contributed by atoms with van der Waals surface area (Å²) in [7, 11) is 1.67. The number of aromatic nitrogens is 4. The van der Waals surface area contributed by atoms with Crippen LogP contribution in [-0.4, -0.2) is 31.6 Å². The van der Waals surface area contributed by atoms with Gasteiger partial charge in [-0.3, -0.25) is 18.6 Å². The Bertz CT molecular complexity index is 1330. The van der Waals surface area contributed by atoms with Crippen molar-refractivity contribution in [3.8, 4) is 12.3 Å². The van der Waals surface area contributed by atoms with Crippen LogP contribution in [0.2, 0.25) is 0 Å². The van der Waals surface area contributed by atoms with Crippen LogP contribution in [0.5, 0.6) is 0 Å². The molecule has 2 heterocycles. The molecular formula is C21H18N6O2. The van der Waals surface area contributed by atoms with Crippen molar-refractivity contribution in [1.82, 2.24) is 24.5 Å². The summed E-state index contributed by atoms with van der Waals surface area (Å²) in [5, 5.41) is 14.9. The third-order valence-electron chi connectivity index (χ3n) is 4.65. The van der Waals surface area contributed by atoms with Crippen LogP contribution in [0.3, 0.4) is 0 Å². The molecule has 8 heteroatoms. The van der Waals surface area contributed by atoms with Gasteiger partial charge < -0.3 is 10.6 Å². The Kier molecular flexibility index (Phi) is 4.71. The smallest absolute Gasteiger partial charge is 0.262 e. The summed E-state index contributed by atoms with van der Waals surface area (Å²) in [5.74, 6) is 3.19. The molecule has 0 fully saturated rings. The summed E-state index contributed by atoms with van der Waals surface area (Å²) < 4.78 is 3.31. The first-order chi connectivity index (χ1) is 14.1. The number of nitrogens with zero attached hydrogens (tertiary/aromatic N) is 4. The highest BCUT2D eigenvalue weighted by atomic mass is 16.1. The number of hydrogen-bond acceptors (Lipinski definition) is 5. The highest BCUT2D eigenvalue weighted by Gasteiger charge is 2.15. The minimum Gasteiger partial charge on any atom is -0.377 e. The van der Waals surface area contributed by atoms with Crippen LogP contribution >= 0.6 is 0 Å². The maximum absolute atomic E-state index is 12.5. The van der Waals surface area contributed by atoms with Crippen molar-refractivity contribution >= 4 is 28.3 Å². The average Bonchev–Trinajstić information content (AvgIpc) is 3.19. The largest absolute Gasteiger partial charge is 0.377 e. The second-order valence-corrected chi connectivity index (χ2v) is 6.42. The van der Waals surface area contributed by atoms with Crippen LogP contribution in [0, 0.1) is 12.3 Å². The molecule has 0 bridgehead atoms. The second kappa shape index (κ2) is 7.48. The van der Waals surface area contributed by atoms with E-state index in [1.807, 2.05) is 34.7 Å². The van der Waals surface area contributed by atoms with Crippen LogP contribution in [0.1, 0.15) is 16.2 Å². The molecule has 0 atom stereocenters. The Morgan fingerprint density at radius 1 is 1.14 bits per heavy atom. The minimum atomic E-state index is -0.259. The van der Waals surface area contributed by atoms with Crippen LogP contribution in [0.15, 0.2) is 53.3 Å². The number of carbonyl (C=O) groups excluding carboxylic acids is 1. The first kappa shape index (κ1) is 18.3. The monoisotopic (exact) mass is 386 g/mol. The summed E-state index contributed by atoms with van der Waals surface area (Å²) in [4.78, 5) is 24.9. The molecule has 0 saturated heterocycles. The fourth-order valence-corrected chi connectivity index (χ4v) is 3.24. The zero-order valence-electron chi connectivity index (χ0n) is 15.7. The van der Waals surface area contributed by atoms with E-state index in [0.717, 1.165) is 5.52 Å². The van der Waals surface area contributed by atoms with E-state index >= 15 is 0 Å². The van der Waals surface area contributed by atoms with E-state index in [1.165, 1.54) is 4.57 Å². The molecule has 0 aliphatic carbocycles. The molecule has 2 N–H and O–H groups in total. The molecule has 0 unspecified atom stereocenters. The number of para-hydroxylation sites is 2. The second-order valence-electron chi connectivity index (χ2n) is 6.42. The average molecular weight is 386 g/mol. The predicted molar refractivity (Wildman–Crippen MR) is 111 cm³/mol. The van der Waals surface area contributed by atoms with Gasteiger partial charge in [0.25, 0.3) is 11.5 Å². The Morgan fingerprint density at radius 2 is 1.90 bits per heavy atom. The van der Waals surface area contributed by atoms with Gasteiger partial charge in [-0.2, -0.15) is 0 Å². The Hall–Kier alpha value is -4.12. The lowest BCUT2D eigenvalue weighted by Gasteiger charge is -2.12. The first-order valence-electron chi connectivity index (χ1n) is 8.98. The van der Waals surface area contributed by atoms with Crippen molar-refractivity contribution in [1.29, 1.82) is 0 Å². The molecule has 4 aromatic rings. The van der Waals surface area contributed by atoms with Crippen molar-refractivity contribution in [2.24, 2.45) is 7.05 Å². The highest BCUT2D eigenvalue weighted by Crippen LogP contribution is 2.18. The maximum Gasteiger partial charge on any atom is 0.262 e. The third-order valence-corrected chi connectivity index (χ3v) is 4.65. The van der Waals surface area contributed by atoms with E-state index in [2.05, 4.69) is 26.8 Å². The lowest BCUT2D eigenvalue weighted by Crippen LogP contribution is -2.24. The molecule has 29 heavy (non-hydrogen) atoms. The van der Waals surface area contributed by atoms with Gasteiger partial charge in [-0.15, -0.1) is 16.6 Å². The molecule has 0 saturated carbocycles. The van der Waals surface area contributed by atoms with Gasteiger partial charge in [-0.25, -0.2) is 0 Å². The molecule has 2 aromatic heterocycles. The molecule has 0 spiro atoms. The Morgan fingerprint density at radius 3 is 2.72 bits per heavy atom. The first-order valence-corrected chi connectivity index (χ1v) is 8.98. The molecule has 2 aromatic carbocycles. The van der Waals surface area contributed by atoms with Gasteiger partial charge in [-0.1, -0.05) is 30.2 Å². The van der Waals surface area contributed by atoms with Gasteiger partial charge in [0.05, 0.1) is 29.6 Å². The number of fused-ring (bicyclic) bond motifs is 3. The molecule has 0 aliphatic rings. The standard InChI is InChI=1S/C21H18N6O2/c1-3-12-22-19(28)14-8-4-6-10-16(14)23-13-18-24-25-21-26(2)20(29)15-9-5-7-11-17(15)27(18)21/h1,4-11,23H,12-13H2,2H3,(H,22,28). The van der Waals surface area contributed by atoms with Crippen LogP contribution in [0.4, 0.5) is 5.69 Å². The van der Waals surface area contributed by atoms with Crippen LogP contribution in [-0.2, 0) is 13.6 Å². The fourth-order valence-electron chi connectivity index (χ4n) is 3.24. The number of anilines is 1. The van der Waals surface area contributed by atoms with E-state index < -0.39 is 0 Å². The number of carbonyl (C=O) groups is 1.